The maximum Gasteiger partial charge on any atom is 0.416 e. The molecule has 9 heteroatoms. The topological polar surface area (TPSA) is 57.2 Å². The second-order valence-electron chi connectivity index (χ2n) is 9.00. The molecule has 3 aromatic carbocycles. The number of hydrogen-bond donors (Lipinski definition) is 1. The molecule has 1 fully saturated rings. The van der Waals surface area contributed by atoms with Crippen LogP contribution in [0.4, 0.5) is 29.3 Å². The summed E-state index contributed by atoms with van der Waals surface area (Å²) >= 11 is 0. The first-order valence-electron chi connectivity index (χ1n) is 11.7. The molecule has 1 N–H and O–H groups in total. The third-order valence-corrected chi connectivity index (χ3v) is 6.35. The quantitative estimate of drug-likeness (QED) is 0.424. The number of nitrogens with zero attached hydrogens (tertiary/aromatic N) is 3. The number of piperazine rings is 1. The Kier molecular flexibility index (Phi) is 6.07. The summed E-state index contributed by atoms with van der Waals surface area (Å²) < 4.78 is 45.8. The highest BCUT2D eigenvalue weighted by molar-refractivity contribution is 6.04. The van der Waals surface area contributed by atoms with Crippen molar-refractivity contribution in [1.29, 1.82) is 0 Å². The largest absolute Gasteiger partial charge is 0.454 e. The first kappa shape index (κ1) is 23.7. The molecule has 5 rings (SSSR count). The number of carbonyl (C=O) groups excluding carboxylic acids is 1. The number of alkyl halides is 3. The Hall–Kier alpha value is -4.01. The number of aryl methyl sites for hydroxylation is 1. The molecule has 186 valence electrons. The van der Waals surface area contributed by atoms with Crippen LogP contribution in [0.3, 0.4) is 0 Å². The van der Waals surface area contributed by atoms with E-state index >= 15 is 0 Å². The number of fused-ring (bicyclic) bond motifs is 2. The Labute approximate surface area is 207 Å². The van der Waals surface area contributed by atoms with Gasteiger partial charge in [0.05, 0.1) is 11.1 Å². The third-order valence-electron chi connectivity index (χ3n) is 6.35. The zero-order valence-corrected chi connectivity index (χ0v) is 19.8. The van der Waals surface area contributed by atoms with E-state index in [4.69, 9.17) is 9.73 Å². The molecule has 1 saturated heterocycles. The number of aliphatic imine (C=N–C) groups is 1. The summed E-state index contributed by atoms with van der Waals surface area (Å²) in [7, 11) is 0. The van der Waals surface area contributed by atoms with Crippen molar-refractivity contribution in [3.63, 3.8) is 0 Å². The standard InChI is InChI=1S/C27H25F3N4O2/c1-17-7-10-20(11-8-17)31-26(35)34-14-13-33(16-18(34)2)25-21-5-3-4-6-23(21)36-24-15-19(27(28,29)30)9-12-22(24)32-25/h3-12,15,18H,13-14,16H2,1-2H3,(H,31,35)/t18-/m1/s1. The second-order valence-corrected chi connectivity index (χ2v) is 9.00. The van der Waals surface area contributed by atoms with Crippen molar-refractivity contribution in [2.45, 2.75) is 26.1 Å². The fraction of sp³-hybridized carbons (Fsp3) is 0.259. The normalized spacial score (nSPS) is 17.4. The number of amidine groups is 1. The van der Waals surface area contributed by atoms with Gasteiger partial charge in [-0.05, 0) is 56.3 Å². The Balaban J connectivity index is 1.40. The number of ether oxygens (including phenoxy) is 1. The molecule has 3 aromatic rings. The SMILES string of the molecule is Cc1ccc(NC(=O)N2CCN(C3=Nc4ccc(C(F)(F)F)cc4Oc4ccccc43)C[C@H]2C)cc1. The molecule has 0 aromatic heterocycles. The second kappa shape index (κ2) is 9.22. The van der Waals surface area contributed by atoms with Crippen molar-refractivity contribution in [2.24, 2.45) is 4.99 Å². The van der Waals surface area contributed by atoms with Gasteiger partial charge in [-0.25, -0.2) is 9.79 Å². The molecule has 0 spiro atoms. The molecule has 2 heterocycles. The average molecular weight is 495 g/mol. The number of amides is 2. The number of nitrogens with one attached hydrogen (secondary N) is 1. The van der Waals surface area contributed by atoms with Crippen molar-refractivity contribution in [2.75, 3.05) is 25.0 Å². The molecule has 0 bridgehead atoms. The van der Waals surface area contributed by atoms with Gasteiger partial charge in [0.15, 0.2) is 5.75 Å². The van der Waals surface area contributed by atoms with Gasteiger partial charge in [0.25, 0.3) is 0 Å². The lowest BCUT2D eigenvalue weighted by Crippen LogP contribution is -2.56. The van der Waals surface area contributed by atoms with Crippen LogP contribution in [-0.2, 0) is 6.18 Å². The number of rotatable bonds is 1. The molecule has 2 amide bonds. The van der Waals surface area contributed by atoms with Crippen molar-refractivity contribution in [3.05, 3.63) is 83.4 Å². The van der Waals surface area contributed by atoms with E-state index < -0.39 is 11.7 Å². The van der Waals surface area contributed by atoms with E-state index in [2.05, 4.69) is 10.2 Å². The van der Waals surface area contributed by atoms with Crippen LogP contribution in [0.15, 0.2) is 71.7 Å². The first-order valence-corrected chi connectivity index (χ1v) is 11.7. The number of benzene rings is 3. The predicted octanol–water partition coefficient (Wildman–Crippen LogP) is 6.44. The van der Waals surface area contributed by atoms with Crippen molar-refractivity contribution >= 4 is 23.2 Å². The molecule has 0 aliphatic carbocycles. The Bertz CT molecular complexity index is 1320. The highest BCUT2D eigenvalue weighted by Crippen LogP contribution is 2.42. The van der Waals surface area contributed by atoms with E-state index in [1.54, 1.807) is 17.0 Å². The van der Waals surface area contributed by atoms with Crippen LogP contribution in [-0.4, -0.2) is 47.3 Å². The summed E-state index contributed by atoms with van der Waals surface area (Å²) in [5.74, 6) is 1.09. The number of halogens is 3. The van der Waals surface area contributed by atoms with Gasteiger partial charge in [-0.1, -0.05) is 29.8 Å². The summed E-state index contributed by atoms with van der Waals surface area (Å²) in [6, 6.07) is 17.8. The Morgan fingerprint density at radius 2 is 1.78 bits per heavy atom. The van der Waals surface area contributed by atoms with Crippen LogP contribution in [0.1, 0.15) is 23.6 Å². The van der Waals surface area contributed by atoms with E-state index in [-0.39, 0.29) is 17.8 Å². The van der Waals surface area contributed by atoms with E-state index in [9.17, 15) is 18.0 Å². The average Bonchev–Trinajstić information content (AvgIpc) is 3.01. The summed E-state index contributed by atoms with van der Waals surface area (Å²) in [5.41, 5.74) is 2.06. The summed E-state index contributed by atoms with van der Waals surface area (Å²) in [5, 5.41) is 2.95. The Morgan fingerprint density at radius 1 is 1.03 bits per heavy atom. The van der Waals surface area contributed by atoms with E-state index in [1.807, 2.05) is 50.2 Å². The van der Waals surface area contributed by atoms with Crippen LogP contribution in [0.2, 0.25) is 0 Å². The number of anilines is 1. The predicted molar refractivity (Wildman–Crippen MR) is 132 cm³/mol. The number of urea groups is 1. The lowest BCUT2D eigenvalue weighted by atomic mass is 10.1. The van der Waals surface area contributed by atoms with E-state index in [0.717, 1.165) is 23.4 Å². The van der Waals surface area contributed by atoms with Crippen molar-refractivity contribution < 1.29 is 22.7 Å². The molecule has 2 aliphatic rings. The maximum absolute atomic E-state index is 13.3. The number of para-hydroxylation sites is 1. The number of hydrogen-bond acceptors (Lipinski definition) is 4. The molecule has 6 nitrogen and oxygen atoms in total. The van der Waals surface area contributed by atoms with Gasteiger partial charge in [-0.15, -0.1) is 0 Å². The molecule has 0 saturated carbocycles. The lowest BCUT2D eigenvalue weighted by molar-refractivity contribution is -0.137. The lowest BCUT2D eigenvalue weighted by Gasteiger charge is -2.41. The summed E-state index contributed by atoms with van der Waals surface area (Å²) in [6.07, 6.45) is -4.48. The molecular formula is C27H25F3N4O2. The van der Waals surface area contributed by atoms with Crippen molar-refractivity contribution in [1.82, 2.24) is 9.80 Å². The van der Waals surface area contributed by atoms with E-state index in [0.29, 0.717) is 42.5 Å². The highest BCUT2D eigenvalue weighted by atomic mass is 19.4. The molecule has 0 radical (unpaired) electrons. The molecule has 0 unspecified atom stereocenters. The van der Waals surface area contributed by atoms with Crippen LogP contribution in [0.5, 0.6) is 11.5 Å². The summed E-state index contributed by atoms with van der Waals surface area (Å²) in [4.78, 5) is 21.5. The highest BCUT2D eigenvalue weighted by Gasteiger charge is 2.34. The van der Waals surface area contributed by atoms with Crippen LogP contribution >= 0.6 is 0 Å². The molecule has 1 atom stereocenters. The van der Waals surface area contributed by atoms with Gasteiger partial charge in [-0.3, -0.25) is 0 Å². The third kappa shape index (κ3) is 4.73. The van der Waals surface area contributed by atoms with Crippen LogP contribution in [0.25, 0.3) is 0 Å². The monoisotopic (exact) mass is 494 g/mol. The zero-order chi connectivity index (χ0) is 25.4. The molecule has 2 aliphatic heterocycles. The Morgan fingerprint density at radius 3 is 2.50 bits per heavy atom. The van der Waals surface area contributed by atoms with E-state index in [1.165, 1.54) is 6.07 Å². The minimum absolute atomic E-state index is 0.0523. The fourth-order valence-electron chi connectivity index (χ4n) is 4.42. The van der Waals surface area contributed by atoms with Gasteiger partial charge in [-0.2, -0.15) is 13.2 Å². The van der Waals surface area contributed by atoms with Gasteiger partial charge < -0.3 is 19.9 Å². The summed E-state index contributed by atoms with van der Waals surface area (Å²) in [6.45, 7) is 5.42. The van der Waals surface area contributed by atoms with Gasteiger partial charge in [0, 0.05) is 31.4 Å². The smallest absolute Gasteiger partial charge is 0.416 e. The van der Waals surface area contributed by atoms with Crippen LogP contribution < -0.4 is 10.1 Å². The first-order chi connectivity index (χ1) is 17.2. The number of carbonyl (C=O) groups is 1. The van der Waals surface area contributed by atoms with Gasteiger partial charge in [0.2, 0.25) is 0 Å². The molecule has 36 heavy (non-hydrogen) atoms. The molecular weight excluding hydrogens is 469 g/mol. The van der Waals surface area contributed by atoms with Gasteiger partial charge >= 0.3 is 12.2 Å². The minimum Gasteiger partial charge on any atom is -0.454 e. The van der Waals surface area contributed by atoms with Crippen molar-refractivity contribution in [3.8, 4) is 11.5 Å². The zero-order valence-electron chi connectivity index (χ0n) is 19.8. The van der Waals surface area contributed by atoms with Gasteiger partial charge in [0.1, 0.15) is 17.3 Å². The maximum atomic E-state index is 13.3. The minimum atomic E-state index is -4.48. The van der Waals surface area contributed by atoms with Crippen LogP contribution in [0, 0.1) is 6.92 Å². The fourth-order valence-corrected chi connectivity index (χ4v) is 4.42.